The highest BCUT2D eigenvalue weighted by molar-refractivity contribution is 5.93. The Morgan fingerprint density at radius 3 is 2.30 bits per heavy atom. The predicted molar refractivity (Wildman–Crippen MR) is 99.1 cm³/mol. The summed E-state index contributed by atoms with van der Waals surface area (Å²) in [5, 5.41) is 6.42. The van der Waals surface area contributed by atoms with Gasteiger partial charge in [-0.05, 0) is 63.6 Å². The van der Waals surface area contributed by atoms with Crippen molar-refractivity contribution in [3.05, 3.63) is 53.9 Å². The summed E-state index contributed by atoms with van der Waals surface area (Å²) in [7, 11) is 0. The van der Waals surface area contributed by atoms with Gasteiger partial charge >= 0.3 is 0 Å². The van der Waals surface area contributed by atoms with Gasteiger partial charge in [0.05, 0.1) is 0 Å². The van der Waals surface area contributed by atoms with Crippen LogP contribution in [0.4, 0.5) is 0 Å². The fourth-order valence-electron chi connectivity index (χ4n) is 4.54. The molecule has 2 aliphatic carbocycles. The zero-order valence-electron chi connectivity index (χ0n) is 15.4. The first kappa shape index (κ1) is 17.6. The summed E-state index contributed by atoms with van der Waals surface area (Å²) in [6.45, 7) is 1.87. The summed E-state index contributed by atoms with van der Waals surface area (Å²) in [5.41, 5.74) is 1.07. The lowest BCUT2D eigenvalue weighted by molar-refractivity contribution is 0.0827. The average molecular weight is 365 g/mol. The standard InChI is InChI=1S/C20H23N5O2/c1-14-4-2-5-16(23-14)18(27)25-20-8-3-7-19(12-20,9-10-20)24-17(26)15-6-11-21-13-22-15/h2,4-6,11,13H,3,7-10,12H2,1H3,(H,24,26)(H,25,27)/t19-,20-/m0/s1. The first-order valence-corrected chi connectivity index (χ1v) is 9.34. The lowest BCUT2D eigenvalue weighted by atomic mass is 9.78. The largest absolute Gasteiger partial charge is 0.345 e. The van der Waals surface area contributed by atoms with Crippen molar-refractivity contribution >= 4 is 11.8 Å². The van der Waals surface area contributed by atoms with Gasteiger partial charge in [-0.3, -0.25) is 9.59 Å². The highest BCUT2D eigenvalue weighted by atomic mass is 16.2. The van der Waals surface area contributed by atoms with Gasteiger partial charge in [0.15, 0.2) is 0 Å². The molecular formula is C20H23N5O2. The number of rotatable bonds is 4. The van der Waals surface area contributed by atoms with Crippen LogP contribution in [0.2, 0.25) is 0 Å². The summed E-state index contributed by atoms with van der Waals surface area (Å²) in [6, 6.07) is 7.07. The van der Waals surface area contributed by atoms with Crippen LogP contribution in [0.25, 0.3) is 0 Å². The van der Waals surface area contributed by atoms with Gasteiger partial charge in [0, 0.05) is 23.0 Å². The third-order valence-electron chi connectivity index (χ3n) is 5.76. The number of amides is 2. The van der Waals surface area contributed by atoms with E-state index in [0.717, 1.165) is 44.2 Å². The molecule has 0 unspecified atom stereocenters. The molecule has 0 radical (unpaired) electrons. The molecule has 2 bridgehead atoms. The van der Waals surface area contributed by atoms with Crippen LogP contribution in [0.1, 0.15) is 65.2 Å². The second-order valence-corrected chi connectivity index (χ2v) is 7.76. The molecule has 2 saturated carbocycles. The van der Waals surface area contributed by atoms with Crippen molar-refractivity contribution in [3.8, 4) is 0 Å². The third-order valence-corrected chi connectivity index (χ3v) is 5.76. The van der Waals surface area contributed by atoms with Gasteiger partial charge in [-0.25, -0.2) is 15.0 Å². The average Bonchev–Trinajstić information content (AvgIpc) is 2.92. The summed E-state index contributed by atoms with van der Waals surface area (Å²) < 4.78 is 0. The molecular weight excluding hydrogens is 342 g/mol. The molecule has 4 rings (SSSR count). The Morgan fingerprint density at radius 2 is 1.67 bits per heavy atom. The molecule has 2 aromatic rings. The van der Waals surface area contributed by atoms with Crippen molar-refractivity contribution in [2.24, 2.45) is 0 Å². The molecule has 7 heteroatoms. The van der Waals surface area contributed by atoms with E-state index < -0.39 is 0 Å². The summed E-state index contributed by atoms with van der Waals surface area (Å²) >= 11 is 0. The zero-order valence-corrected chi connectivity index (χ0v) is 15.4. The van der Waals surface area contributed by atoms with E-state index in [9.17, 15) is 9.59 Å². The Kier molecular flexibility index (Phi) is 4.37. The Bertz CT molecular complexity index is 872. The predicted octanol–water partition coefficient (Wildman–Crippen LogP) is 2.19. The van der Waals surface area contributed by atoms with E-state index in [0.29, 0.717) is 11.4 Å². The minimum atomic E-state index is -0.284. The molecule has 7 nitrogen and oxygen atoms in total. The van der Waals surface area contributed by atoms with Crippen molar-refractivity contribution in [2.75, 3.05) is 0 Å². The summed E-state index contributed by atoms with van der Waals surface area (Å²) in [4.78, 5) is 37.5. The second kappa shape index (κ2) is 6.72. The molecule has 2 aromatic heterocycles. The van der Waals surface area contributed by atoms with Gasteiger partial charge in [0.1, 0.15) is 17.7 Å². The van der Waals surface area contributed by atoms with E-state index >= 15 is 0 Å². The van der Waals surface area contributed by atoms with E-state index in [2.05, 4.69) is 25.6 Å². The number of nitrogens with one attached hydrogen (secondary N) is 2. The van der Waals surface area contributed by atoms with Crippen LogP contribution in [-0.4, -0.2) is 37.8 Å². The Labute approximate surface area is 158 Å². The number of carbonyl (C=O) groups is 2. The molecule has 2 heterocycles. The quantitative estimate of drug-likeness (QED) is 0.866. The van der Waals surface area contributed by atoms with Crippen LogP contribution in [0.3, 0.4) is 0 Å². The molecule has 2 atom stereocenters. The molecule has 2 fully saturated rings. The molecule has 2 N–H and O–H groups in total. The highest BCUT2D eigenvalue weighted by Gasteiger charge is 2.52. The lowest BCUT2D eigenvalue weighted by Crippen LogP contribution is -2.55. The zero-order chi connectivity index (χ0) is 18.9. The number of nitrogens with zero attached hydrogens (tertiary/aromatic N) is 3. The number of hydrogen-bond acceptors (Lipinski definition) is 5. The number of hydrogen-bond donors (Lipinski definition) is 2. The molecule has 27 heavy (non-hydrogen) atoms. The van der Waals surface area contributed by atoms with Gasteiger partial charge in [0.25, 0.3) is 11.8 Å². The van der Waals surface area contributed by atoms with Crippen molar-refractivity contribution in [3.63, 3.8) is 0 Å². The minimum Gasteiger partial charge on any atom is -0.345 e. The molecule has 0 saturated heterocycles. The molecule has 140 valence electrons. The number of aromatic nitrogens is 3. The van der Waals surface area contributed by atoms with Gasteiger partial charge in [-0.2, -0.15) is 0 Å². The number of aryl methyl sites for hydroxylation is 1. The van der Waals surface area contributed by atoms with Crippen LogP contribution in [0.5, 0.6) is 0 Å². The van der Waals surface area contributed by atoms with Gasteiger partial charge in [0.2, 0.25) is 0 Å². The lowest BCUT2D eigenvalue weighted by Gasteiger charge is -2.40. The first-order valence-electron chi connectivity index (χ1n) is 9.34. The molecule has 2 aliphatic rings. The van der Waals surface area contributed by atoms with Gasteiger partial charge in [-0.1, -0.05) is 6.07 Å². The van der Waals surface area contributed by atoms with Gasteiger partial charge < -0.3 is 10.6 Å². The molecule has 0 aliphatic heterocycles. The first-order chi connectivity index (χ1) is 13.0. The van der Waals surface area contributed by atoms with Crippen LogP contribution >= 0.6 is 0 Å². The van der Waals surface area contributed by atoms with E-state index in [4.69, 9.17) is 0 Å². The fourth-order valence-corrected chi connectivity index (χ4v) is 4.54. The van der Waals surface area contributed by atoms with Crippen molar-refractivity contribution < 1.29 is 9.59 Å². The normalized spacial score (nSPS) is 26.4. The second-order valence-electron chi connectivity index (χ2n) is 7.76. The molecule has 0 spiro atoms. The fraction of sp³-hybridized carbons (Fsp3) is 0.450. The van der Waals surface area contributed by atoms with Crippen molar-refractivity contribution in [1.29, 1.82) is 0 Å². The van der Waals surface area contributed by atoms with Crippen LogP contribution in [-0.2, 0) is 0 Å². The van der Waals surface area contributed by atoms with Crippen LogP contribution < -0.4 is 10.6 Å². The maximum absolute atomic E-state index is 12.7. The van der Waals surface area contributed by atoms with E-state index in [1.54, 1.807) is 18.3 Å². The molecule has 2 amide bonds. The number of pyridine rings is 1. The van der Waals surface area contributed by atoms with Crippen molar-refractivity contribution in [1.82, 2.24) is 25.6 Å². The maximum atomic E-state index is 12.7. The maximum Gasteiger partial charge on any atom is 0.270 e. The number of carbonyl (C=O) groups excluding carboxylic acids is 2. The van der Waals surface area contributed by atoms with E-state index in [1.807, 2.05) is 19.1 Å². The number of fused-ring (bicyclic) bond motifs is 2. The summed E-state index contributed by atoms with van der Waals surface area (Å²) in [6.07, 6.45) is 8.20. The smallest absolute Gasteiger partial charge is 0.270 e. The topological polar surface area (TPSA) is 96.9 Å². The van der Waals surface area contributed by atoms with Gasteiger partial charge in [-0.15, -0.1) is 0 Å². The van der Waals surface area contributed by atoms with Crippen LogP contribution in [0.15, 0.2) is 36.8 Å². The van der Waals surface area contributed by atoms with E-state index in [-0.39, 0.29) is 22.9 Å². The third kappa shape index (κ3) is 3.54. The van der Waals surface area contributed by atoms with E-state index in [1.165, 1.54) is 6.33 Å². The minimum absolute atomic E-state index is 0.140. The van der Waals surface area contributed by atoms with Crippen LogP contribution in [0, 0.1) is 6.92 Å². The highest BCUT2D eigenvalue weighted by Crippen LogP contribution is 2.48. The Morgan fingerprint density at radius 1 is 0.963 bits per heavy atom. The Hall–Kier alpha value is -2.83. The summed E-state index contributed by atoms with van der Waals surface area (Å²) in [5.74, 6) is -0.319. The Balaban J connectivity index is 1.48. The van der Waals surface area contributed by atoms with Crippen molar-refractivity contribution in [2.45, 2.75) is 56.5 Å². The monoisotopic (exact) mass is 365 g/mol. The molecule has 0 aromatic carbocycles. The SMILES string of the molecule is Cc1cccc(C(=O)N[C@@]23CCC[C@](NC(=O)c4ccncn4)(CC2)C3)n1.